The molecule has 1 amide bonds. The summed E-state index contributed by atoms with van der Waals surface area (Å²) in [4.78, 5) is 13.7. The number of hydrogen-bond donors (Lipinski definition) is 1. The van der Waals surface area contributed by atoms with E-state index in [1.165, 1.54) is 0 Å². The zero-order valence-corrected chi connectivity index (χ0v) is 18.3. The van der Waals surface area contributed by atoms with Gasteiger partial charge in [-0.15, -0.1) is 11.3 Å². The number of amides is 1. The maximum Gasteiger partial charge on any atom is 0.227 e. The van der Waals surface area contributed by atoms with Gasteiger partial charge in [0.05, 0.1) is 22.7 Å². The number of ether oxygens (including phenoxy) is 1. The highest BCUT2D eigenvalue weighted by Gasteiger charge is 2.39. The van der Waals surface area contributed by atoms with Gasteiger partial charge in [0.2, 0.25) is 15.7 Å². The number of thiophene rings is 1. The van der Waals surface area contributed by atoms with E-state index in [-0.39, 0.29) is 27.2 Å². The summed E-state index contributed by atoms with van der Waals surface area (Å²) in [5.41, 5.74) is 1.16. The number of fused-ring (bicyclic) bond motifs is 1. The first-order valence-corrected chi connectivity index (χ1v) is 12.1. The Morgan fingerprint density at radius 1 is 1.17 bits per heavy atom. The molecule has 0 radical (unpaired) electrons. The molecular formula is C21H25NO5S2. The lowest BCUT2D eigenvalue weighted by Gasteiger charge is -2.38. The van der Waals surface area contributed by atoms with Crippen LogP contribution in [0, 0.1) is 0 Å². The van der Waals surface area contributed by atoms with Crippen LogP contribution in [0.25, 0.3) is 0 Å². The lowest BCUT2D eigenvalue weighted by Crippen LogP contribution is -2.41. The molecule has 3 heterocycles. The molecule has 1 fully saturated rings. The predicted molar refractivity (Wildman–Crippen MR) is 111 cm³/mol. The highest BCUT2D eigenvalue weighted by molar-refractivity contribution is 7.93. The largest absolute Gasteiger partial charge is 0.385 e. The van der Waals surface area contributed by atoms with E-state index >= 15 is 0 Å². The SMILES string of the molecule is CC1CC(O)(c2csc(S(=O)(=O)c3ccc4c(c3)CCC(=O)N4C)c2)CC(C)O1. The molecule has 2 aliphatic rings. The average Bonchev–Trinajstić information content (AvgIpc) is 3.15. The maximum atomic E-state index is 13.2. The molecule has 1 saturated heterocycles. The van der Waals surface area contributed by atoms with E-state index in [9.17, 15) is 18.3 Å². The van der Waals surface area contributed by atoms with E-state index in [2.05, 4.69) is 0 Å². The standard InChI is InChI=1S/C21H25NO5S2/c1-13-10-21(24,11-14(2)27-13)16-9-20(28-12-16)29(25,26)17-5-6-18-15(8-17)4-7-19(23)22(18)3/h5-6,8-9,12-14,24H,4,7,10-11H2,1-3H3. The van der Waals surface area contributed by atoms with Gasteiger partial charge in [0.15, 0.2) is 0 Å². The average molecular weight is 436 g/mol. The van der Waals surface area contributed by atoms with Crippen LogP contribution in [0.2, 0.25) is 0 Å². The number of rotatable bonds is 3. The summed E-state index contributed by atoms with van der Waals surface area (Å²) in [6.45, 7) is 3.83. The molecule has 2 unspecified atom stereocenters. The number of sulfone groups is 1. The van der Waals surface area contributed by atoms with Gasteiger partial charge in [-0.05, 0) is 61.0 Å². The summed E-state index contributed by atoms with van der Waals surface area (Å²) in [5.74, 6) is 0.0316. The molecule has 2 aliphatic heterocycles. The highest BCUT2D eigenvalue weighted by Crippen LogP contribution is 2.41. The van der Waals surface area contributed by atoms with Gasteiger partial charge in [0.25, 0.3) is 0 Å². The van der Waals surface area contributed by atoms with E-state index < -0.39 is 15.4 Å². The van der Waals surface area contributed by atoms with E-state index in [4.69, 9.17) is 4.74 Å². The van der Waals surface area contributed by atoms with Crippen LogP contribution in [0.4, 0.5) is 5.69 Å². The molecule has 0 aliphatic carbocycles. The number of carbonyl (C=O) groups excluding carboxylic acids is 1. The lowest BCUT2D eigenvalue weighted by atomic mass is 9.83. The predicted octanol–water partition coefficient (Wildman–Crippen LogP) is 3.26. The van der Waals surface area contributed by atoms with Crippen molar-refractivity contribution in [3.63, 3.8) is 0 Å². The normalized spacial score (nSPS) is 27.7. The van der Waals surface area contributed by atoms with Gasteiger partial charge in [-0.25, -0.2) is 8.42 Å². The molecule has 0 bridgehead atoms. The fraction of sp³-hybridized carbons (Fsp3) is 0.476. The molecule has 2 atom stereocenters. The Labute approximate surface area is 175 Å². The van der Waals surface area contributed by atoms with Gasteiger partial charge in [-0.1, -0.05) is 0 Å². The minimum absolute atomic E-state index is 0.0316. The van der Waals surface area contributed by atoms with Crippen LogP contribution in [-0.4, -0.2) is 38.7 Å². The van der Waals surface area contributed by atoms with Crippen molar-refractivity contribution >= 4 is 32.8 Å². The fourth-order valence-electron chi connectivity index (χ4n) is 4.38. The summed E-state index contributed by atoms with van der Waals surface area (Å²) in [7, 11) is -2.00. The first kappa shape index (κ1) is 20.5. The fourth-order valence-corrected chi connectivity index (χ4v) is 7.11. The van der Waals surface area contributed by atoms with Gasteiger partial charge in [0, 0.05) is 32.0 Å². The Morgan fingerprint density at radius 2 is 1.86 bits per heavy atom. The smallest absolute Gasteiger partial charge is 0.227 e. The number of carbonyl (C=O) groups is 1. The van der Waals surface area contributed by atoms with Crippen molar-refractivity contribution in [2.45, 2.75) is 66.4 Å². The van der Waals surface area contributed by atoms with Gasteiger partial charge >= 0.3 is 0 Å². The summed E-state index contributed by atoms with van der Waals surface area (Å²) in [6.07, 6.45) is 1.60. The van der Waals surface area contributed by atoms with Crippen LogP contribution in [0.15, 0.2) is 38.8 Å². The third kappa shape index (κ3) is 3.63. The van der Waals surface area contributed by atoms with Gasteiger partial charge in [0.1, 0.15) is 4.21 Å². The van der Waals surface area contributed by atoms with Crippen molar-refractivity contribution in [1.82, 2.24) is 0 Å². The summed E-state index contributed by atoms with van der Waals surface area (Å²) in [6, 6.07) is 6.51. The van der Waals surface area contributed by atoms with Crippen molar-refractivity contribution in [2.75, 3.05) is 11.9 Å². The van der Waals surface area contributed by atoms with Crippen molar-refractivity contribution < 1.29 is 23.1 Å². The molecule has 156 valence electrons. The molecule has 29 heavy (non-hydrogen) atoms. The van der Waals surface area contributed by atoms with E-state index in [1.807, 2.05) is 13.8 Å². The second kappa shape index (κ2) is 7.19. The number of benzene rings is 1. The van der Waals surface area contributed by atoms with Crippen LogP contribution < -0.4 is 4.90 Å². The monoisotopic (exact) mass is 435 g/mol. The molecule has 1 aromatic heterocycles. The lowest BCUT2D eigenvalue weighted by molar-refractivity contribution is -0.135. The Morgan fingerprint density at radius 3 is 2.55 bits per heavy atom. The first-order valence-electron chi connectivity index (χ1n) is 9.71. The quantitative estimate of drug-likeness (QED) is 0.800. The molecule has 8 heteroatoms. The Hall–Kier alpha value is -1.74. The topological polar surface area (TPSA) is 83.9 Å². The van der Waals surface area contributed by atoms with Crippen LogP contribution in [0.5, 0.6) is 0 Å². The number of aliphatic hydroxyl groups is 1. The molecule has 1 aromatic carbocycles. The number of aryl methyl sites for hydroxylation is 1. The zero-order valence-electron chi connectivity index (χ0n) is 16.7. The molecule has 4 rings (SSSR count). The number of hydrogen-bond acceptors (Lipinski definition) is 6. The van der Waals surface area contributed by atoms with E-state index in [0.29, 0.717) is 31.2 Å². The molecule has 6 nitrogen and oxygen atoms in total. The van der Waals surface area contributed by atoms with Crippen molar-refractivity contribution in [3.8, 4) is 0 Å². The first-order chi connectivity index (χ1) is 13.6. The van der Waals surface area contributed by atoms with Gasteiger partial charge in [-0.3, -0.25) is 4.79 Å². The summed E-state index contributed by atoms with van der Waals surface area (Å²) in [5, 5.41) is 12.9. The Kier molecular flexibility index (Phi) is 5.09. The Bertz CT molecular complexity index is 1050. The number of nitrogens with zero attached hydrogens (tertiary/aromatic N) is 1. The highest BCUT2D eigenvalue weighted by atomic mass is 32.2. The van der Waals surface area contributed by atoms with Crippen molar-refractivity contribution in [3.05, 3.63) is 40.8 Å². The molecule has 1 N–H and O–H groups in total. The molecule has 0 saturated carbocycles. The Balaban J connectivity index is 1.67. The third-order valence-electron chi connectivity index (χ3n) is 5.80. The molecule has 2 aromatic rings. The van der Waals surface area contributed by atoms with Crippen molar-refractivity contribution in [2.24, 2.45) is 0 Å². The minimum Gasteiger partial charge on any atom is -0.385 e. The summed E-state index contributed by atoms with van der Waals surface area (Å²) < 4.78 is 32.4. The maximum absolute atomic E-state index is 13.2. The number of anilines is 1. The summed E-state index contributed by atoms with van der Waals surface area (Å²) >= 11 is 1.13. The second-order valence-corrected chi connectivity index (χ2v) is 11.2. The van der Waals surface area contributed by atoms with Crippen molar-refractivity contribution in [1.29, 1.82) is 0 Å². The minimum atomic E-state index is -3.70. The third-order valence-corrected chi connectivity index (χ3v) is 8.99. The van der Waals surface area contributed by atoms with Crippen LogP contribution in [0.1, 0.15) is 44.2 Å². The zero-order chi connectivity index (χ0) is 21.0. The molecular weight excluding hydrogens is 410 g/mol. The van der Waals surface area contributed by atoms with Crippen LogP contribution in [-0.2, 0) is 31.4 Å². The van der Waals surface area contributed by atoms with Crippen LogP contribution >= 0.6 is 11.3 Å². The van der Waals surface area contributed by atoms with Gasteiger partial charge < -0.3 is 14.7 Å². The van der Waals surface area contributed by atoms with E-state index in [0.717, 1.165) is 22.6 Å². The van der Waals surface area contributed by atoms with Gasteiger partial charge in [-0.2, -0.15) is 0 Å². The van der Waals surface area contributed by atoms with E-state index in [1.54, 1.807) is 41.6 Å². The second-order valence-electron chi connectivity index (χ2n) is 8.10. The molecule has 0 spiro atoms. The van der Waals surface area contributed by atoms with Crippen LogP contribution in [0.3, 0.4) is 0 Å².